The van der Waals surface area contributed by atoms with Crippen LogP contribution in [0.15, 0.2) is 47.2 Å². The summed E-state index contributed by atoms with van der Waals surface area (Å²) in [5.41, 5.74) is 0.497. The number of rotatable bonds is 4. The van der Waals surface area contributed by atoms with E-state index in [0.29, 0.717) is 22.1 Å². The molecule has 6 heteroatoms. The molecule has 0 aliphatic rings. The van der Waals surface area contributed by atoms with E-state index in [9.17, 15) is 4.79 Å². The zero-order valence-corrected chi connectivity index (χ0v) is 12.4. The second kappa shape index (κ2) is 6.54. The van der Waals surface area contributed by atoms with Crippen LogP contribution in [0.25, 0.3) is 6.08 Å². The van der Waals surface area contributed by atoms with Crippen LogP contribution in [-0.2, 0) is 4.79 Å². The van der Waals surface area contributed by atoms with Crippen molar-refractivity contribution in [3.63, 3.8) is 0 Å². The smallest absolute Gasteiger partial charge is 0.328 e. The fourth-order valence-corrected chi connectivity index (χ4v) is 2.07. The van der Waals surface area contributed by atoms with Crippen LogP contribution in [0.5, 0.6) is 11.5 Å². The highest BCUT2D eigenvalue weighted by atomic mass is 79.9. The number of carboxylic acid groups (broad SMARTS) is 1. The molecule has 1 heterocycles. The second-order valence-electron chi connectivity index (χ2n) is 3.76. The Balaban J connectivity index is 2.36. The van der Waals surface area contributed by atoms with Gasteiger partial charge in [0.15, 0.2) is 0 Å². The maximum atomic E-state index is 10.6. The summed E-state index contributed by atoms with van der Waals surface area (Å²) < 4.78 is 6.46. The van der Waals surface area contributed by atoms with Crippen LogP contribution in [-0.4, -0.2) is 16.1 Å². The molecule has 0 aliphatic heterocycles. The molecule has 0 saturated heterocycles. The molecule has 0 aliphatic carbocycles. The van der Waals surface area contributed by atoms with Crippen LogP contribution in [0, 0.1) is 0 Å². The van der Waals surface area contributed by atoms with E-state index in [0.717, 1.165) is 10.5 Å². The van der Waals surface area contributed by atoms with E-state index in [1.54, 1.807) is 36.7 Å². The average Bonchev–Trinajstić information content (AvgIpc) is 2.38. The van der Waals surface area contributed by atoms with Gasteiger partial charge in [0, 0.05) is 22.3 Å². The molecule has 0 amide bonds. The van der Waals surface area contributed by atoms with Crippen molar-refractivity contribution in [2.75, 3.05) is 0 Å². The van der Waals surface area contributed by atoms with Crippen molar-refractivity contribution in [1.82, 2.24) is 4.98 Å². The zero-order valence-electron chi connectivity index (χ0n) is 10.1. The third-order valence-electron chi connectivity index (χ3n) is 2.31. The molecular formula is C14H9BrClNO3. The molecule has 102 valence electrons. The fourth-order valence-electron chi connectivity index (χ4n) is 1.50. The van der Waals surface area contributed by atoms with Gasteiger partial charge in [0.1, 0.15) is 11.5 Å². The van der Waals surface area contributed by atoms with E-state index in [1.807, 2.05) is 0 Å². The van der Waals surface area contributed by atoms with E-state index in [2.05, 4.69) is 20.9 Å². The normalized spacial score (nSPS) is 10.7. The van der Waals surface area contributed by atoms with Gasteiger partial charge in [-0.25, -0.2) is 4.79 Å². The molecule has 20 heavy (non-hydrogen) atoms. The van der Waals surface area contributed by atoms with Gasteiger partial charge in [-0.15, -0.1) is 0 Å². The summed E-state index contributed by atoms with van der Waals surface area (Å²) in [7, 11) is 0. The monoisotopic (exact) mass is 353 g/mol. The zero-order chi connectivity index (χ0) is 14.5. The van der Waals surface area contributed by atoms with Crippen LogP contribution < -0.4 is 4.74 Å². The number of pyridine rings is 1. The average molecular weight is 355 g/mol. The lowest BCUT2D eigenvalue weighted by Gasteiger charge is -2.10. The molecule has 0 atom stereocenters. The van der Waals surface area contributed by atoms with Gasteiger partial charge in [-0.05, 0) is 40.2 Å². The maximum Gasteiger partial charge on any atom is 0.328 e. The third kappa shape index (κ3) is 3.82. The van der Waals surface area contributed by atoms with E-state index < -0.39 is 5.97 Å². The van der Waals surface area contributed by atoms with Crippen molar-refractivity contribution in [2.45, 2.75) is 0 Å². The highest BCUT2D eigenvalue weighted by Crippen LogP contribution is 2.32. The van der Waals surface area contributed by atoms with Gasteiger partial charge in [0.05, 0.1) is 11.2 Å². The van der Waals surface area contributed by atoms with Crippen LogP contribution in [0.2, 0.25) is 5.02 Å². The van der Waals surface area contributed by atoms with Crippen LogP contribution in [0.1, 0.15) is 5.56 Å². The van der Waals surface area contributed by atoms with Gasteiger partial charge < -0.3 is 9.84 Å². The molecule has 4 nitrogen and oxygen atoms in total. The highest BCUT2D eigenvalue weighted by Gasteiger charge is 2.07. The Hall–Kier alpha value is -1.85. The van der Waals surface area contributed by atoms with Gasteiger partial charge in [-0.2, -0.15) is 0 Å². The highest BCUT2D eigenvalue weighted by molar-refractivity contribution is 9.10. The van der Waals surface area contributed by atoms with Gasteiger partial charge in [0.2, 0.25) is 0 Å². The minimum Gasteiger partial charge on any atom is -0.478 e. The summed E-state index contributed by atoms with van der Waals surface area (Å²) >= 11 is 9.36. The predicted octanol–water partition coefficient (Wildman–Crippen LogP) is 4.39. The minimum absolute atomic E-state index is 0.406. The van der Waals surface area contributed by atoms with E-state index >= 15 is 0 Å². The molecule has 2 rings (SSSR count). The lowest BCUT2D eigenvalue weighted by molar-refractivity contribution is -0.131. The first kappa shape index (κ1) is 14.6. The van der Waals surface area contributed by atoms with Crippen molar-refractivity contribution in [2.24, 2.45) is 0 Å². The molecule has 0 unspecified atom stereocenters. The predicted molar refractivity (Wildman–Crippen MR) is 80.1 cm³/mol. The number of carbonyl (C=O) groups is 1. The Bertz CT molecular complexity index is 673. The Kier molecular flexibility index (Phi) is 4.76. The molecule has 0 radical (unpaired) electrons. The first-order chi connectivity index (χ1) is 9.56. The number of hydrogen-bond donors (Lipinski definition) is 1. The van der Waals surface area contributed by atoms with Gasteiger partial charge >= 0.3 is 5.97 Å². The minimum atomic E-state index is -1.06. The van der Waals surface area contributed by atoms with Crippen LogP contribution >= 0.6 is 27.5 Å². The van der Waals surface area contributed by atoms with E-state index in [4.69, 9.17) is 21.4 Å². The Morgan fingerprint density at radius 2 is 2.20 bits per heavy atom. The first-order valence-corrected chi connectivity index (χ1v) is 6.71. The van der Waals surface area contributed by atoms with Gasteiger partial charge in [0.25, 0.3) is 0 Å². The lowest BCUT2D eigenvalue weighted by Crippen LogP contribution is -1.91. The Labute approximate surface area is 128 Å². The summed E-state index contributed by atoms with van der Waals surface area (Å²) in [5.74, 6) is -0.0819. The second-order valence-corrected chi connectivity index (χ2v) is 5.09. The topological polar surface area (TPSA) is 59.4 Å². The lowest BCUT2D eigenvalue weighted by atomic mass is 10.2. The van der Waals surface area contributed by atoms with Crippen molar-refractivity contribution in [3.05, 3.63) is 57.8 Å². The fraction of sp³-hybridized carbons (Fsp3) is 0. The number of aromatic nitrogens is 1. The number of hydrogen-bond acceptors (Lipinski definition) is 3. The van der Waals surface area contributed by atoms with Crippen LogP contribution in [0.4, 0.5) is 0 Å². The summed E-state index contributed by atoms with van der Waals surface area (Å²) in [6, 6.07) is 6.84. The van der Waals surface area contributed by atoms with E-state index in [1.165, 1.54) is 6.08 Å². The number of halogens is 2. The molecule has 2 aromatic rings. The summed E-state index contributed by atoms with van der Waals surface area (Å²) in [6.07, 6.45) is 5.59. The SMILES string of the molecule is O=C(O)C=Cc1c(Cl)cccc1Oc1cncc(Br)c1. The quantitative estimate of drug-likeness (QED) is 0.827. The third-order valence-corrected chi connectivity index (χ3v) is 3.08. The number of carboxylic acids is 1. The number of ether oxygens (including phenoxy) is 1. The van der Waals surface area contributed by atoms with Gasteiger partial charge in [-0.1, -0.05) is 17.7 Å². The summed E-state index contributed by atoms with van der Waals surface area (Å²) in [6.45, 7) is 0. The molecule has 1 aromatic carbocycles. The number of nitrogens with zero attached hydrogens (tertiary/aromatic N) is 1. The molecule has 0 saturated carbocycles. The summed E-state index contributed by atoms with van der Waals surface area (Å²) in [4.78, 5) is 14.6. The van der Waals surface area contributed by atoms with E-state index in [-0.39, 0.29) is 0 Å². The molecule has 0 fully saturated rings. The molecular weight excluding hydrogens is 346 g/mol. The molecule has 0 bridgehead atoms. The largest absolute Gasteiger partial charge is 0.478 e. The van der Waals surface area contributed by atoms with Crippen LogP contribution in [0.3, 0.4) is 0 Å². The van der Waals surface area contributed by atoms with Crippen molar-refractivity contribution in [3.8, 4) is 11.5 Å². The van der Waals surface area contributed by atoms with Crippen molar-refractivity contribution < 1.29 is 14.6 Å². The van der Waals surface area contributed by atoms with Gasteiger partial charge in [-0.3, -0.25) is 4.98 Å². The Morgan fingerprint density at radius 1 is 1.40 bits per heavy atom. The number of aliphatic carboxylic acids is 1. The molecule has 0 spiro atoms. The number of benzene rings is 1. The molecule has 1 aromatic heterocycles. The first-order valence-electron chi connectivity index (χ1n) is 5.54. The summed E-state index contributed by atoms with van der Waals surface area (Å²) in [5, 5.41) is 9.10. The maximum absolute atomic E-state index is 10.6. The van der Waals surface area contributed by atoms with Crippen molar-refractivity contribution in [1.29, 1.82) is 0 Å². The Morgan fingerprint density at radius 3 is 2.90 bits per heavy atom. The standard InChI is InChI=1S/C14H9BrClNO3/c15-9-6-10(8-17-7-9)20-13-3-1-2-12(16)11(13)4-5-14(18)19/h1-8H,(H,18,19). The molecule has 1 N–H and O–H groups in total. The van der Waals surface area contributed by atoms with Crippen molar-refractivity contribution >= 4 is 39.6 Å².